The van der Waals surface area contributed by atoms with Crippen molar-refractivity contribution in [2.24, 2.45) is 11.5 Å². The van der Waals surface area contributed by atoms with E-state index >= 15 is 0 Å². The van der Waals surface area contributed by atoms with Crippen LogP contribution in [-0.2, 0) is 19.6 Å². The molecule has 1 aromatic rings. The van der Waals surface area contributed by atoms with Crippen LogP contribution in [-0.4, -0.2) is 48.7 Å². The van der Waals surface area contributed by atoms with Gasteiger partial charge in [-0.05, 0) is 24.3 Å². The van der Waals surface area contributed by atoms with E-state index in [1.165, 1.54) is 12.1 Å². The smallest absolute Gasteiger partial charge is 0.318 e. The lowest BCUT2D eigenvalue weighted by atomic mass is 10.2. The van der Waals surface area contributed by atoms with Crippen LogP contribution >= 0.6 is 0 Å². The van der Waals surface area contributed by atoms with Crippen molar-refractivity contribution in [1.29, 1.82) is 0 Å². The number of carbonyl (C=O) groups excluding carboxylic acids is 2. The van der Waals surface area contributed by atoms with Gasteiger partial charge in [-0.3, -0.25) is 14.4 Å². The predicted molar refractivity (Wildman–Crippen MR) is 70.5 cm³/mol. The van der Waals surface area contributed by atoms with E-state index in [-0.39, 0.29) is 10.5 Å². The lowest BCUT2D eigenvalue weighted by Crippen LogP contribution is -2.41. The van der Waals surface area contributed by atoms with Gasteiger partial charge in [0.15, 0.2) is 0 Å². The zero-order chi connectivity index (χ0) is 16.2. The molecular weight excluding hydrogens is 302 g/mol. The van der Waals surface area contributed by atoms with E-state index < -0.39 is 40.9 Å². The van der Waals surface area contributed by atoms with Crippen LogP contribution in [0.1, 0.15) is 10.4 Å². The molecule has 1 aromatic carbocycles. The number of hydrogen-bond donors (Lipinski definition) is 3. The molecule has 0 unspecified atom stereocenters. The van der Waals surface area contributed by atoms with Crippen LogP contribution < -0.4 is 11.5 Å². The maximum atomic E-state index is 12.2. The number of aliphatic carboxylic acids is 1. The predicted octanol–water partition coefficient (Wildman–Crippen LogP) is -1.65. The van der Waals surface area contributed by atoms with Crippen molar-refractivity contribution >= 4 is 27.8 Å². The Bertz CT molecular complexity index is 652. The van der Waals surface area contributed by atoms with Crippen molar-refractivity contribution in [2.45, 2.75) is 4.90 Å². The Balaban J connectivity index is 3.17. The molecule has 5 N–H and O–H groups in total. The first-order chi connectivity index (χ1) is 9.64. The van der Waals surface area contributed by atoms with Crippen molar-refractivity contribution in [3.8, 4) is 0 Å². The number of primary amides is 2. The van der Waals surface area contributed by atoms with Gasteiger partial charge in [-0.15, -0.1) is 0 Å². The summed E-state index contributed by atoms with van der Waals surface area (Å²) >= 11 is 0. The number of nitrogens with two attached hydrogens (primary N) is 2. The number of carboxylic acid groups (broad SMARTS) is 1. The first kappa shape index (κ1) is 16.6. The second kappa shape index (κ2) is 6.33. The average Bonchev–Trinajstić information content (AvgIpc) is 2.37. The molecule has 10 heteroatoms. The topological polar surface area (TPSA) is 161 Å². The third-order valence-corrected chi connectivity index (χ3v) is 4.23. The van der Waals surface area contributed by atoms with E-state index in [9.17, 15) is 22.8 Å². The van der Waals surface area contributed by atoms with Gasteiger partial charge in [-0.2, -0.15) is 4.31 Å². The van der Waals surface area contributed by atoms with Crippen LogP contribution in [0.3, 0.4) is 0 Å². The molecule has 114 valence electrons. The summed E-state index contributed by atoms with van der Waals surface area (Å²) in [6.07, 6.45) is 0. The molecule has 0 saturated carbocycles. The second-order valence-electron chi connectivity index (χ2n) is 4.02. The van der Waals surface area contributed by atoms with Crippen molar-refractivity contribution in [2.75, 3.05) is 13.1 Å². The molecule has 1 rings (SSSR count). The minimum atomic E-state index is -4.23. The standard InChI is InChI=1S/C11H13N3O6S/c12-9(15)5-14(6-10(16)17)21(19,20)8-3-1-7(2-4-8)11(13)18/h1-4H,5-6H2,(H2,12,15)(H2,13,18)(H,16,17). The molecule has 2 amide bonds. The van der Waals surface area contributed by atoms with Gasteiger partial charge in [0, 0.05) is 5.56 Å². The van der Waals surface area contributed by atoms with Crippen LogP contribution in [0.15, 0.2) is 29.2 Å². The molecule has 9 nitrogen and oxygen atoms in total. The summed E-state index contributed by atoms with van der Waals surface area (Å²) in [4.78, 5) is 32.2. The minimum absolute atomic E-state index is 0.0913. The highest BCUT2D eigenvalue weighted by Gasteiger charge is 2.28. The van der Waals surface area contributed by atoms with Gasteiger partial charge < -0.3 is 16.6 Å². The van der Waals surface area contributed by atoms with E-state index in [1.54, 1.807) is 0 Å². The third kappa shape index (κ3) is 4.26. The van der Waals surface area contributed by atoms with E-state index in [1.807, 2.05) is 0 Å². The van der Waals surface area contributed by atoms with Crippen LogP contribution in [0.5, 0.6) is 0 Å². The molecule has 21 heavy (non-hydrogen) atoms. The van der Waals surface area contributed by atoms with Crippen LogP contribution in [0, 0.1) is 0 Å². The van der Waals surface area contributed by atoms with Gasteiger partial charge in [0.25, 0.3) is 0 Å². The molecule has 0 bridgehead atoms. The van der Waals surface area contributed by atoms with Crippen molar-refractivity contribution in [1.82, 2.24) is 4.31 Å². The lowest BCUT2D eigenvalue weighted by Gasteiger charge is -2.18. The summed E-state index contributed by atoms with van der Waals surface area (Å²) in [5.41, 5.74) is 10.0. The number of rotatable bonds is 7. The summed E-state index contributed by atoms with van der Waals surface area (Å²) in [5, 5.41) is 8.70. The SMILES string of the molecule is NC(=O)CN(CC(=O)O)S(=O)(=O)c1ccc(C(N)=O)cc1. The fourth-order valence-electron chi connectivity index (χ4n) is 1.49. The zero-order valence-corrected chi connectivity index (χ0v) is 11.5. The maximum absolute atomic E-state index is 12.2. The van der Waals surface area contributed by atoms with Gasteiger partial charge in [0.05, 0.1) is 11.4 Å². The molecule has 0 radical (unpaired) electrons. The average molecular weight is 315 g/mol. The Hall–Kier alpha value is -2.46. The van der Waals surface area contributed by atoms with E-state index in [0.29, 0.717) is 4.31 Å². The van der Waals surface area contributed by atoms with Crippen molar-refractivity contribution in [3.63, 3.8) is 0 Å². The molecular formula is C11H13N3O6S. The Morgan fingerprint density at radius 3 is 1.95 bits per heavy atom. The van der Waals surface area contributed by atoms with Crippen molar-refractivity contribution in [3.05, 3.63) is 29.8 Å². The lowest BCUT2D eigenvalue weighted by molar-refractivity contribution is -0.137. The largest absolute Gasteiger partial charge is 0.480 e. The van der Waals surface area contributed by atoms with Gasteiger partial charge in [-0.1, -0.05) is 0 Å². The molecule has 0 aliphatic rings. The maximum Gasteiger partial charge on any atom is 0.318 e. The fourth-order valence-corrected chi connectivity index (χ4v) is 2.85. The number of hydrogen-bond acceptors (Lipinski definition) is 5. The number of carboxylic acids is 1. The third-order valence-electron chi connectivity index (χ3n) is 2.42. The first-order valence-corrected chi connectivity index (χ1v) is 6.98. The molecule has 0 aliphatic heterocycles. The van der Waals surface area contributed by atoms with Crippen LogP contribution in [0.25, 0.3) is 0 Å². The number of nitrogens with zero attached hydrogens (tertiary/aromatic N) is 1. The highest BCUT2D eigenvalue weighted by atomic mass is 32.2. The second-order valence-corrected chi connectivity index (χ2v) is 5.96. The van der Waals surface area contributed by atoms with Crippen LogP contribution in [0.4, 0.5) is 0 Å². The number of amides is 2. The Labute approximate surface area is 120 Å². The normalized spacial score (nSPS) is 11.3. The molecule has 0 aromatic heterocycles. The zero-order valence-electron chi connectivity index (χ0n) is 10.7. The molecule has 0 saturated heterocycles. The van der Waals surface area contributed by atoms with E-state index in [4.69, 9.17) is 16.6 Å². The summed E-state index contributed by atoms with van der Waals surface area (Å²) in [6, 6.07) is 4.54. The number of carbonyl (C=O) groups is 3. The monoisotopic (exact) mass is 315 g/mol. The van der Waals surface area contributed by atoms with E-state index in [2.05, 4.69) is 0 Å². The molecule has 0 atom stereocenters. The first-order valence-electron chi connectivity index (χ1n) is 5.54. The molecule has 0 heterocycles. The molecule has 0 aliphatic carbocycles. The fraction of sp³-hybridized carbons (Fsp3) is 0.182. The molecule has 0 fully saturated rings. The van der Waals surface area contributed by atoms with Crippen LogP contribution in [0.2, 0.25) is 0 Å². The Morgan fingerprint density at radius 2 is 1.57 bits per heavy atom. The summed E-state index contributed by atoms with van der Waals surface area (Å²) in [5.74, 6) is -3.17. The summed E-state index contributed by atoms with van der Waals surface area (Å²) in [6.45, 7) is -1.69. The molecule has 0 spiro atoms. The number of benzene rings is 1. The highest BCUT2D eigenvalue weighted by molar-refractivity contribution is 7.89. The summed E-state index contributed by atoms with van der Waals surface area (Å²) < 4.78 is 24.9. The van der Waals surface area contributed by atoms with Gasteiger partial charge >= 0.3 is 5.97 Å². The highest BCUT2D eigenvalue weighted by Crippen LogP contribution is 2.16. The summed E-state index contributed by atoms with van der Waals surface area (Å²) in [7, 11) is -4.23. The van der Waals surface area contributed by atoms with E-state index in [0.717, 1.165) is 12.1 Å². The number of sulfonamides is 1. The van der Waals surface area contributed by atoms with Gasteiger partial charge in [0.2, 0.25) is 21.8 Å². The van der Waals surface area contributed by atoms with Crippen molar-refractivity contribution < 1.29 is 27.9 Å². The van der Waals surface area contributed by atoms with Gasteiger partial charge in [0.1, 0.15) is 6.54 Å². The quantitative estimate of drug-likeness (QED) is 0.546. The Kier molecular flexibility index (Phi) is 5.00. The van der Waals surface area contributed by atoms with Gasteiger partial charge in [-0.25, -0.2) is 8.42 Å². The Morgan fingerprint density at radius 1 is 1.05 bits per heavy atom. The minimum Gasteiger partial charge on any atom is -0.480 e.